The summed E-state index contributed by atoms with van der Waals surface area (Å²) in [6.07, 6.45) is 4.83. The molecule has 0 bridgehead atoms. The molecule has 0 radical (unpaired) electrons. The number of phenols is 2. The van der Waals surface area contributed by atoms with E-state index in [1.54, 1.807) is 23.3 Å². The second kappa shape index (κ2) is 6.28. The topological polar surface area (TPSA) is 40.5 Å². The summed E-state index contributed by atoms with van der Waals surface area (Å²) in [7, 11) is 0. The summed E-state index contributed by atoms with van der Waals surface area (Å²) >= 11 is 0. The number of aryl methyl sites for hydroxylation is 3. The van der Waals surface area contributed by atoms with Crippen LogP contribution in [-0.4, -0.2) is 10.2 Å². The van der Waals surface area contributed by atoms with E-state index in [1.165, 1.54) is 25.3 Å². The summed E-state index contributed by atoms with van der Waals surface area (Å²) in [6.45, 7) is 1.99. The third kappa shape index (κ3) is 3.50. The first-order chi connectivity index (χ1) is 9.20. The van der Waals surface area contributed by atoms with E-state index in [0.29, 0.717) is 0 Å². The molecule has 19 heavy (non-hydrogen) atoms. The van der Waals surface area contributed by atoms with Crippen molar-refractivity contribution >= 4 is 0 Å². The fourth-order valence-corrected chi connectivity index (χ4v) is 2.30. The molecular weight excluding hydrogens is 236 g/mol. The molecule has 3 rings (SSSR count). The van der Waals surface area contributed by atoms with Crippen molar-refractivity contribution in [2.75, 3.05) is 0 Å². The maximum Gasteiger partial charge on any atom is 0.157 e. The zero-order valence-corrected chi connectivity index (χ0v) is 11.3. The highest BCUT2D eigenvalue weighted by Gasteiger charge is 2.07. The van der Waals surface area contributed by atoms with E-state index in [1.807, 2.05) is 6.92 Å². The Labute approximate surface area is 114 Å². The summed E-state index contributed by atoms with van der Waals surface area (Å²) in [5, 5.41) is 17.9. The number of hydrogen-bond acceptors (Lipinski definition) is 2. The molecule has 0 heterocycles. The minimum atomic E-state index is -0.0581. The van der Waals surface area contributed by atoms with Gasteiger partial charge in [0.2, 0.25) is 0 Å². The standard InChI is InChI=1S/C9H10.C8H10O2/c1-2-5-9-7-3-6-8(9)4-1;1-2-6-3-4-7(9)8(10)5-6/h1-2,4-5H,3,6-7H2;3-5,9-10H,2H2,1H3. The van der Waals surface area contributed by atoms with Gasteiger partial charge in [-0.3, -0.25) is 0 Å². The van der Waals surface area contributed by atoms with Crippen molar-refractivity contribution in [1.29, 1.82) is 0 Å². The van der Waals surface area contributed by atoms with Crippen molar-refractivity contribution in [1.82, 2.24) is 0 Å². The van der Waals surface area contributed by atoms with Gasteiger partial charge in [0, 0.05) is 0 Å². The van der Waals surface area contributed by atoms with Gasteiger partial charge in [0.05, 0.1) is 0 Å². The lowest BCUT2D eigenvalue weighted by atomic mass is 10.1. The lowest BCUT2D eigenvalue weighted by molar-refractivity contribution is 0.403. The highest BCUT2D eigenvalue weighted by molar-refractivity contribution is 5.40. The first kappa shape index (κ1) is 13.5. The van der Waals surface area contributed by atoms with E-state index in [2.05, 4.69) is 24.3 Å². The fraction of sp³-hybridized carbons (Fsp3) is 0.294. The van der Waals surface area contributed by atoms with Gasteiger partial charge in [0.1, 0.15) is 0 Å². The summed E-state index contributed by atoms with van der Waals surface area (Å²) in [5.41, 5.74) is 4.16. The molecule has 2 aromatic rings. The van der Waals surface area contributed by atoms with E-state index >= 15 is 0 Å². The molecule has 1 aliphatic rings. The van der Waals surface area contributed by atoms with Gasteiger partial charge in [-0.25, -0.2) is 0 Å². The van der Waals surface area contributed by atoms with Crippen molar-refractivity contribution in [3.63, 3.8) is 0 Å². The zero-order valence-electron chi connectivity index (χ0n) is 11.3. The first-order valence-corrected chi connectivity index (χ1v) is 6.78. The molecule has 0 unspecified atom stereocenters. The van der Waals surface area contributed by atoms with Gasteiger partial charge in [-0.15, -0.1) is 0 Å². The number of phenolic OH excluding ortho intramolecular Hbond substituents is 2. The molecule has 1 aliphatic carbocycles. The molecule has 100 valence electrons. The van der Waals surface area contributed by atoms with Gasteiger partial charge in [-0.05, 0) is 54.5 Å². The van der Waals surface area contributed by atoms with Crippen molar-refractivity contribution in [2.45, 2.75) is 32.6 Å². The molecule has 0 atom stereocenters. The van der Waals surface area contributed by atoms with Crippen LogP contribution in [0.4, 0.5) is 0 Å². The predicted molar refractivity (Wildman–Crippen MR) is 77.6 cm³/mol. The third-order valence-electron chi connectivity index (χ3n) is 3.46. The first-order valence-electron chi connectivity index (χ1n) is 6.78. The molecule has 2 aromatic carbocycles. The van der Waals surface area contributed by atoms with Crippen LogP contribution in [0, 0.1) is 0 Å². The van der Waals surface area contributed by atoms with Crippen LogP contribution in [0.5, 0.6) is 11.5 Å². The number of benzene rings is 2. The maximum absolute atomic E-state index is 8.98. The molecule has 0 amide bonds. The van der Waals surface area contributed by atoms with E-state index < -0.39 is 0 Å². The van der Waals surface area contributed by atoms with Crippen molar-refractivity contribution in [3.05, 3.63) is 59.2 Å². The predicted octanol–water partition coefficient (Wildman–Crippen LogP) is 3.84. The maximum atomic E-state index is 8.98. The van der Waals surface area contributed by atoms with Crippen LogP contribution < -0.4 is 0 Å². The van der Waals surface area contributed by atoms with Gasteiger partial charge in [0.25, 0.3) is 0 Å². The lowest BCUT2D eigenvalue weighted by Gasteiger charge is -1.98. The summed E-state index contributed by atoms with van der Waals surface area (Å²) in [5.74, 6) is -0.100. The quantitative estimate of drug-likeness (QED) is 0.761. The third-order valence-corrected chi connectivity index (χ3v) is 3.46. The van der Waals surface area contributed by atoms with Crippen LogP contribution in [0.15, 0.2) is 42.5 Å². The highest BCUT2D eigenvalue weighted by atomic mass is 16.3. The van der Waals surface area contributed by atoms with Crippen LogP contribution >= 0.6 is 0 Å². The van der Waals surface area contributed by atoms with Crippen molar-refractivity contribution < 1.29 is 10.2 Å². The number of fused-ring (bicyclic) bond motifs is 1. The molecule has 0 spiro atoms. The largest absolute Gasteiger partial charge is 0.504 e. The van der Waals surface area contributed by atoms with Crippen LogP contribution in [-0.2, 0) is 19.3 Å². The van der Waals surface area contributed by atoms with Crippen molar-refractivity contribution in [3.8, 4) is 11.5 Å². The Morgan fingerprint density at radius 1 is 0.895 bits per heavy atom. The minimum absolute atomic E-state index is 0.0423. The second-order valence-corrected chi connectivity index (χ2v) is 4.80. The van der Waals surface area contributed by atoms with E-state index in [-0.39, 0.29) is 11.5 Å². The van der Waals surface area contributed by atoms with E-state index in [4.69, 9.17) is 10.2 Å². The van der Waals surface area contributed by atoms with Gasteiger partial charge in [-0.2, -0.15) is 0 Å². The zero-order chi connectivity index (χ0) is 13.7. The van der Waals surface area contributed by atoms with Crippen LogP contribution in [0.25, 0.3) is 0 Å². The lowest BCUT2D eigenvalue weighted by Crippen LogP contribution is -1.77. The normalized spacial score (nSPS) is 12.5. The minimum Gasteiger partial charge on any atom is -0.504 e. The van der Waals surface area contributed by atoms with Gasteiger partial charge >= 0.3 is 0 Å². The summed E-state index contributed by atoms with van der Waals surface area (Å²) in [4.78, 5) is 0. The average Bonchev–Trinajstić information content (AvgIpc) is 2.91. The molecule has 2 N–H and O–H groups in total. The molecular formula is C17H20O2. The monoisotopic (exact) mass is 256 g/mol. The highest BCUT2D eigenvalue weighted by Crippen LogP contribution is 2.24. The summed E-state index contributed by atoms with van der Waals surface area (Å²) < 4.78 is 0. The van der Waals surface area contributed by atoms with Crippen LogP contribution in [0.2, 0.25) is 0 Å². The fourth-order valence-electron chi connectivity index (χ4n) is 2.30. The SMILES string of the molecule is CCc1ccc(O)c(O)c1.c1ccc2c(c1)CCC2. The van der Waals surface area contributed by atoms with Gasteiger partial charge in [-0.1, -0.05) is 37.3 Å². The average molecular weight is 256 g/mol. The number of hydrogen-bond donors (Lipinski definition) is 2. The number of aromatic hydroxyl groups is 2. The Morgan fingerprint density at radius 3 is 2.05 bits per heavy atom. The number of rotatable bonds is 1. The Kier molecular flexibility index (Phi) is 4.45. The molecule has 0 aromatic heterocycles. The second-order valence-electron chi connectivity index (χ2n) is 4.80. The Bertz CT molecular complexity index is 524. The molecule has 0 fully saturated rings. The van der Waals surface area contributed by atoms with E-state index in [0.717, 1.165) is 12.0 Å². The molecule has 0 saturated heterocycles. The van der Waals surface area contributed by atoms with Crippen LogP contribution in [0.1, 0.15) is 30.0 Å². The summed E-state index contributed by atoms with van der Waals surface area (Å²) in [6, 6.07) is 13.6. The Balaban J connectivity index is 0.000000141. The van der Waals surface area contributed by atoms with Crippen LogP contribution in [0.3, 0.4) is 0 Å². The van der Waals surface area contributed by atoms with Gasteiger partial charge < -0.3 is 10.2 Å². The molecule has 0 saturated carbocycles. The molecule has 2 heteroatoms. The van der Waals surface area contributed by atoms with Crippen molar-refractivity contribution in [2.24, 2.45) is 0 Å². The Hall–Kier alpha value is -1.96. The van der Waals surface area contributed by atoms with E-state index in [9.17, 15) is 0 Å². The van der Waals surface area contributed by atoms with Gasteiger partial charge in [0.15, 0.2) is 11.5 Å². The molecule has 0 aliphatic heterocycles. The smallest absolute Gasteiger partial charge is 0.157 e. The Morgan fingerprint density at radius 2 is 1.53 bits per heavy atom. The molecule has 2 nitrogen and oxygen atoms in total.